The highest BCUT2D eigenvalue weighted by Gasteiger charge is 2.32. The van der Waals surface area contributed by atoms with Crippen LogP contribution in [0.25, 0.3) is 0 Å². The van der Waals surface area contributed by atoms with Crippen LogP contribution in [0.2, 0.25) is 0 Å². The summed E-state index contributed by atoms with van der Waals surface area (Å²) in [6, 6.07) is 0.555. The van der Waals surface area contributed by atoms with Gasteiger partial charge in [0.25, 0.3) is 0 Å². The van der Waals surface area contributed by atoms with Crippen molar-refractivity contribution in [3.8, 4) is 0 Å². The van der Waals surface area contributed by atoms with Gasteiger partial charge in [-0.25, -0.2) is 0 Å². The van der Waals surface area contributed by atoms with Gasteiger partial charge in [-0.3, -0.25) is 0 Å². The van der Waals surface area contributed by atoms with Crippen LogP contribution >= 0.6 is 0 Å². The fourth-order valence-corrected chi connectivity index (χ4v) is 3.04. The van der Waals surface area contributed by atoms with Crippen LogP contribution in [0.4, 0.5) is 0 Å². The van der Waals surface area contributed by atoms with E-state index in [0.29, 0.717) is 17.4 Å². The van der Waals surface area contributed by atoms with E-state index < -0.39 is 0 Å². The Morgan fingerprint density at radius 1 is 1.32 bits per heavy atom. The summed E-state index contributed by atoms with van der Waals surface area (Å²) < 4.78 is 0. The predicted octanol–water partition coefficient (Wildman–Crippen LogP) is 2.49. The number of aliphatic hydroxyl groups excluding tert-OH is 1. The van der Waals surface area contributed by atoms with Gasteiger partial charge < -0.3 is 15.3 Å². The number of hydrogen-bond acceptors (Lipinski definition) is 3. The minimum Gasteiger partial charge on any atom is -0.393 e. The molecule has 2 unspecified atom stereocenters. The summed E-state index contributed by atoms with van der Waals surface area (Å²) in [4.78, 5) is 2.56. The second-order valence-electron chi connectivity index (χ2n) is 6.81. The Morgan fingerprint density at radius 2 is 1.95 bits per heavy atom. The number of piperidine rings is 1. The maximum absolute atomic E-state index is 9.85. The Balaban J connectivity index is 2.57. The highest BCUT2D eigenvalue weighted by molar-refractivity contribution is 4.86. The summed E-state index contributed by atoms with van der Waals surface area (Å²) >= 11 is 0. The molecule has 2 N–H and O–H groups in total. The molecule has 0 amide bonds. The fraction of sp³-hybridized carbons (Fsp3) is 1.00. The van der Waals surface area contributed by atoms with Crippen LogP contribution in [0.3, 0.4) is 0 Å². The molecule has 114 valence electrons. The van der Waals surface area contributed by atoms with Gasteiger partial charge in [0.05, 0.1) is 6.10 Å². The van der Waals surface area contributed by atoms with E-state index in [9.17, 15) is 5.11 Å². The van der Waals surface area contributed by atoms with Crippen molar-refractivity contribution in [2.45, 2.75) is 66.0 Å². The molecule has 1 fully saturated rings. The van der Waals surface area contributed by atoms with Crippen LogP contribution in [0.1, 0.15) is 53.9 Å². The summed E-state index contributed by atoms with van der Waals surface area (Å²) in [5.41, 5.74) is 0.381. The average molecular weight is 270 g/mol. The van der Waals surface area contributed by atoms with E-state index in [0.717, 1.165) is 32.6 Å². The third-order valence-electron chi connectivity index (χ3n) is 4.89. The van der Waals surface area contributed by atoms with Gasteiger partial charge in [-0.2, -0.15) is 0 Å². The van der Waals surface area contributed by atoms with E-state index in [1.54, 1.807) is 0 Å². The zero-order chi connectivity index (χ0) is 14.5. The Labute approximate surface area is 119 Å². The average Bonchev–Trinajstić information content (AvgIpc) is 2.39. The van der Waals surface area contributed by atoms with Gasteiger partial charge in [0.15, 0.2) is 0 Å². The molecule has 1 saturated heterocycles. The van der Waals surface area contributed by atoms with Gasteiger partial charge in [-0.15, -0.1) is 0 Å². The topological polar surface area (TPSA) is 35.5 Å². The van der Waals surface area contributed by atoms with E-state index in [2.05, 4.69) is 44.8 Å². The lowest BCUT2D eigenvalue weighted by molar-refractivity contribution is 0.0140. The first kappa shape index (κ1) is 16.9. The molecule has 0 spiro atoms. The van der Waals surface area contributed by atoms with Crippen molar-refractivity contribution in [1.29, 1.82) is 0 Å². The van der Waals surface area contributed by atoms with E-state index in [4.69, 9.17) is 0 Å². The molecule has 1 heterocycles. The highest BCUT2D eigenvalue weighted by atomic mass is 16.3. The van der Waals surface area contributed by atoms with E-state index in [1.165, 1.54) is 12.8 Å². The van der Waals surface area contributed by atoms with E-state index >= 15 is 0 Å². The van der Waals surface area contributed by atoms with Crippen LogP contribution < -0.4 is 5.32 Å². The molecule has 0 radical (unpaired) electrons. The van der Waals surface area contributed by atoms with Crippen molar-refractivity contribution in [2.24, 2.45) is 11.3 Å². The van der Waals surface area contributed by atoms with Gasteiger partial charge in [0, 0.05) is 32.2 Å². The van der Waals surface area contributed by atoms with Gasteiger partial charge in [-0.05, 0) is 30.6 Å². The summed E-state index contributed by atoms with van der Waals surface area (Å²) in [5.74, 6) is 0.415. The van der Waals surface area contributed by atoms with Crippen molar-refractivity contribution in [1.82, 2.24) is 10.2 Å². The van der Waals surface area contributed by atoms with Crippen molar-refractivity contribution in [2.75, 3.05) is 26.2 Å². The number of hydrogen-bond donors (Lipinski definition) is 2. The Kier molecular flexibility index (Phi) is 6.78. The summed E-state index contributed by atoms with van der Waals surface area (Å²) in [7, 11) is 0. The molecule has 1 aliphatic rings. The number of nitrogens with zero attached hydrogens (tertiary/aromatic N) is 1. The van der Waals surface area contributed by atoms with Crippen LogP contribution in [0.15, 0.2) is 0 Å². The third-order valence-corrected chi connectivity index (χ3v) is 4.89. The molecule has 0 aromatic heterocycles. The van der Waals surface area contributed by atoms with E-state index in [1.807, 2.05) is 0 Å². The number of aliphatic hydroxyl groups is 1. The number of rotatable bonds is 7. The summed E-state index contributed by atoms with van der Waals surface area (Å²) in [5, 5.41) is 13.5. The molecule has 0 aromatic rings. The maximum Gasteiger partial charge on any atom is 0.0590 e. The molecule has 3 nitrogen and oxygen atoms in total. The molecular formula is C16H34N2O. The minimum atomic E-state index is -0.0947. The largest absolute Gasteiger partial charge is 0.393 e. The van der Waals surface area contributed by atoms with Gasteiger partial charge in [0.2, 0.25) is 0 Å². The second kappa shape index (κ2) is 7.61. The molecule has 1 aliphatic heterocycles. The van der Waals surface area contributed by atoms with Crippen LogP contribution in [-0.2, 0) is 0 Å². The molecule has 1 rings (SSSR count). The lowest BCUT2D eigenvalue weighted by Crippen LogP contribution is -2.50. The van der Waals surface area contributed by atoms with Crippen LogP contribution in [0.5, 0.6) is 0 Å². The highest BCUT2D eigenvalue weighted by Crippen LogP contribution is 2.29. The minimum absolute atomic E-state index is 0.0947. The standard InChI is InChI=1S/C16H34N2O/c1-6-16(7-2,11-17-13(3)4)12-18-9-8-15(19)14(5)10-18/h13-15,17,19H,6-12H2,1-5H3. The summed E-state index contributed by atoms with van der Waals surface area (Å²) in [6.45, 7) is 15.6. The molecule has 2 atom stereocenters. The molecule has 0 saturated carbocycles. The molecular weight excluding hydrogens is 236 g/mol. The van der Waals surface area contributed by atoms with Crippen LogP contribution in [-0.4, -0.2) is 48.3 Å². The van der Waals surface area contributed by atoms with E-state index in [-0.39, 0.29) is 6.10 Å². The van der Waals surface area contributed by atoms with Crippen molar-refractivity contribution < 1.29 is 5.11 Å². The van der Waals surface area contributed by atoms with Gasteiger partial charge in [-0.1, -0.05) is 34.6 Å². The van der Waals surface area contributed by atoms with Gasteiger partial charge >= 0.3 is 0 Å². The predicted molar refractivity (Wildman–Crippen MR) is 82.4 cm³/mol. The third kappa shape index (κ3) is 5.05. The zero-order valence-electron chi connectivity index (χ0n) is 13.6. The lowest BCUT2D eigenvalue weighted by atomic mass is 9.80. The van der Waals surface area contributed by atoms with Crippen molar-refractivity contribution in [3.05, 3.63) is 0 Å². The maximum atomic E-state index is 9.85. The Hall–Kier alpha value is -0.120. The molecule has 0 bridgehead atoms. The Bertz CT molecular complexity index is 251. The number of nitrogens with one attached hydrogen (secondary N) is 1. The smallest absolute Gasteiger partial charge is 0.0590 e. The van der Waals surface area contributed by atoms with Crippen LogP contribution in [0, 0.1) is 11.3 Å². The lowest BCUT2D eigenvalue weighted by Gasteiger charge is -2.42. The van der Waals surface area contributed by atoms with Crippen molar-refractivity contribution >= 4 is 0 Å². The quantitative estimate of drug-likeness (QED) is 0.746. The molecule has 0 aliphatic carbocycles. The number of likely N-dealkylation sites (tertiary alicyclic amines) is 1. The Morgan fingerprint density at radius 3 is 2.42 bits per heavy atom. The second-order valence-corrected chi connectivity index (χ2v) is 6.81. The molecule has 3 heteroatoms. The zero-order valence-corrected chi connectivity index (χ0v) is 13.6. The normalized spacial score (nSPS) is 26.1. The first-order chi connectivity index (χ1) is 8.92. The summed E-state index contributed by atoms with van der Waals surface area (Å²) in [6.07, 6.45) is 3.28. The first-order valence-corrected chi connectivity index (χ1v) is 8.06. The first-order valence-electron chi connectivity index (χ1n) is 8.06. The SMILES string of the molecule is CCC(CC)(CNC(C)C)CN1CCC(O)C(C)C1. The fourth-order valence-electron chi connectivity index (χ4n) is 3.04. The molecule has 19 heavy (non-hydrogen) atoms. The monoisotopic (exact) mass is 270 g/mol. The van der Waals surface area contributed by atoms with Gasteiger partial charge in [0.1, 0.15) is 0 Å². The van der Waals surface area contributed by atoms with Crippen molar-refractivity contribution in [3.63, 3.8) is 0 Å². The molecule has 0 aromatic carbocycles.